The molecule has 2 atom stereocenters. The van der Waals surface area contributed by atoms with Crippen molar-refractivity contribution in [1.82, 2.24) is 5.32 Å². The van der Waals surface area contributed by atoms with Crippen LogP contribution in [-0.4, -0.2) is 23.9 Å². The molecule has 0 heterocycles. The number of aliphatic hydroxyl groups is 1. The van der Waals surface area contributed by atoms with Gasteiger partial charge in [-0.25, -0.2) is 0 Å². The smallest absolute Gasteiger partial charge is 0.124 e. The van der Waals surface area contributed by atoms with Crippen LogP contribution in [0.15, 0.2) is 22.7 Å². The predicted octanol–water partition coefficient (Wildman–Crippen LogP) is 3.10. The highest BCUT2D eigenvalue weighted by atomic mass is 79.9. The maximum absolute atomic E-state index is 9.49. The summed E-state index contributed by atoms with van der Waals surface area (Å²) in [4.78, 5) is 0. The van der Waals surface area contributed by atoms with Crippen LogP contribution in [-0.2, 0) is 6.54 Å². The Bertz CT molecular complexity index is 369. The zero-order chi connectivity index (χ0) is 13.5. The normalized spacial score (nSPS) is 14.3. The third-order valence-corrected chi connectivity index (χ3v) is 3.25. The van der Waals surface area contributed by atoms with E-state index in [0.29, 0.717) is 0 Å². The molecule has 4 heteroatoms. The van der Waals surface area contributed by atoms with Crippen molar-refractivity contribution in [3.8, 4) is 5.75 Å². The first-order chi connectivity index (χ1) is 8.54. The van der Waals surface area contributed by atoms with E-state index in [1.165, 1.54) is 0 Å². The van der Waals surface area contributed by atoms with E-state index in [1.807, 2.05) is 25.1 Å². The summed E-state index contributed by atoms with van der Waals surface area (Å²) in [7, 11) is 0. The van der Waals surface area contributed by atoms with Gasteiger partial charge in [0, 0.05) is 16.6 Å². The molecule has 102 valence electrons. The van der Waals surface area contributed by atoms with Gasteiger partial charge in [0.05, 0.1) is 6.10 Å². The van der Waals surface area contributed by atoms with Gasteiger partial charge in [-0.2, -0.15) is 0 Å². The van der Waals surface area contributed by atoms with Crippen molar-refractivity contribution in [1.29, 1.82) is 0 Å². The molecule has 2 N–H and O–H groups in total. The monoisotopic (exact) mass is 315 g/mol. The summed E-state index contributed by atoms with van der Waals surface area (Å²) in [6, 6.07) is 5.94. The van der Waals surface area contributed by atoms with Crippen LogP contribution in [0.3, 0.4) is 0 Å². The predicted molar refractivity (Wildman–Crippen MR) is 77.9 cm³/mol. The first-order valence-corrected chi connectivity index (χ1v) is 7.17. The van der Waals surface area contributed by atoms with Gasteiger partial charge in [-0.15, -0.1) is 0 Å². The van der Waals surface area contributed by atoms with Crippen molar-refractivity contribution in [2.24, 2.45) is 0 Å². The summed E-state index contributed by atoms with van der Waals surface area (Å²) in [5.41, 5.74) is 1.10. The van der Waals surface area contributed by atoms with Gasteiger partial charge in [0.2, 0.25) is 0 Å². The summed E-state index contributed by atoms with van der Waals surface area (Å²) in [6.07, 6.45) is 0.412. The Morgan fingerprint density at radius 1 is 1.39 bits per heavy atom. The molecule has 18 heavy (non-hydrogen) atoms. The zero-order valence-corrected chi connectivity index (χ0v) is 12.8. The second-order valence-corrected chi connectivity index (χ2v) is 5.41. The number of rotatable bonds is 7. The zero-order valence-electron chi connectivity index (χ0n) is 11.2. The molecule has 0 aromatic heterocycles. The van der Waals surface area contributed by atoms with Gasteiger partial charge in [-0.1, -0.05) is 22.9 Å². The van der Waals surface area contributed by atoms with E-state index in [9.17, 15) is 5.11 Å². The highest BCUT2D eigenvalue weighted by Crippen LogP contribution is 2.24. The van der Waals surface area contributed by atoms with Crippen molar-refractivity contribution in [3.05, 3.63) is 28.2 Å². The standard InChI is InChI=1S/C14H22BrNO2/c1-4-7-16-9-12-8-13(15)5-6-14(12)18-11(3)10(2)17/h5-6,8,10-11,16-17H,4,7,9H2,1-3H3. The van der Waals surface area contributed by atoms with Crippen LogP contribution in [0.2, 0.25) is 0 Å². The SMILES string of the molecule is CCCNCc1cc(Br)ccc1OC(C)C(C)O. The molecule has 0 radical (unpaired) electrons. The molecule has 0 bridgehead atoms. The van der Waals surface area contributed by atoms with Crippen molar-refractivity contribution in [2.75, 3.05) is 6.54 Å². The van der Waals surface area contributed by atoms with Gasteiger partial charge in [0.15, 0.2) is 0 Å². The molecular weight excluding hydrogens is 294 g/mol. The molecule has 3 nitrogen and oxygen atoms in total. The average Bonchev–Trinajstić information content (AvgIpc) is 2.32. The van der Waals surface area contributed by atoms with Gasteiger partial charge in [0.1, 0.15) is 11.9 Å². The maximum Gasteiger partial charge on any atom is 0.124 e. The van der Waals surface area contributed by atoms with Crippen molar-refractivity contribution >= 4 is 15.9 Å². The lowest BCUT2D eigenvalue weighted by atomic mass is 10.2. The molecule has 1 aromatic rings. The maximum atomic E-state index is 9.49. The fourth-order valence-corrected chi connectivity index (χ4v) is 1.91. The minimum Gasteiger partial charge on any atom is -0.488 e. The minimum absolute atomic E-state index is 0.212. The van der Waals surface area contributed by atoms with Gasteiger partial charge >= 0.3 is 0 Å². The van der Waals surface area contributed by atoms with Crippen LogP contribution in [0.25, 0.3) is 0 Å². The highest BCUT2D eigenvalue weighted by molar-refractivity contribution is 9.10. The first-order valence-electron chi connectivity index (χ1n) is 6.38. The van der Waals surface area contributed by atoms with E-state index in [2.05, 4.69) is 28.2 Å². The van der Waals surface area contributed by atoms with Crippen molar-refractivity contribution in [2.45, 2.75) is 45.9 Å². The lowest BCUT2D eigenvalue weighted by Crippen LogP contribution is -2.26. The van der Waals surface area contributed by atoms with Gasteiger partial charge < -0.3 is 15.2 Å². The molecule has 0 saturated heterocycles. The first kappa shape index (κ1) is 15.5. The summed E-state index contributed by atoms with van der Waals surface area (Å²) in [5.74, 6) is 0.829. The van der Waals surface area contributed by atoms with E-state index in [0.717, 1.165) is 35.3 Å². The van der Waals surface area contributed by atoms with Crippen LogP contribution < -0.4 is 10.1 Å². The molecule has 0 amide bonds. The number of hydrogen-bond acceptors (Lipinski definition) is 3. The Kier molecular flexibility index (Phi) is 6.68. The second kappa shape index (κ2) is 7.77. The fourth-order valence-electron chi connectivity index (χ4n) is 1.50. The molecule has 0 spiro atoms. The second-order valence-electron chi connectivity index (χ2n) is 4.49. The molecule has 0 aliphatic heterocycles. The number of nitrogens with one attached hydrogen (secondary N) is 1. The van der Waals surface area contributed by atoms with Crippen LogP contribution in [0.5, 0.6) is 5.75 Å². The van der Waals surface area contributed by atoms with E-state index >= 15 is 0 Å². The topological polar surface area (TPSA) is 41.5 Å². The summed E-state index contributed by atoms with van der Waals surface area (Å²) < 4.78 is 6.82. The summed E-state index contributed by atoms with van der Waals surface area (Å²) in [6.45, 7) is 7.50. The molecule has 2 unspecified atom stereocenters. The van der Waals surface area contributed by atoms with E-state index in [-0.39, 0.29) is 6.10 Å². The Balaban J connectivity index is 2.75. The summed E-state index contributed by atoms with van der Waals surface area (Å²) in [5, 5.41) is 12.9. The lowest BCUT2D eigenvalue weighted by molar-refractivity contribution is 0.0597. The Morgan fingerprint density at radius 3 is 2.72 bits per heavy atom. The molecule has 1 aromatic carbocycles. The van der Waals surface area contributed by atoms with E-state index in [4.69, 9.17) is 4.74 Å². The molecule has 1 rings (SSSR count). The molecular formula is C14H22BrNO2. The molecule has 0 saturated carbocycles. The quantitative estimate of drug-likeness (QED) is 0.760. The minimum atomic E-state index is -0.481. The highest BCUT2D eigenvalue weighted by Gasteiger charge is 2.13. The Hall–Kier alpha value is -0.580. The van der Waals surface area contributed by atoms with Crippen molar-refractivity contribution in [3.63, 3.8) is 0 Å². The van der Waals surface area contributed by atoms with E-state index < -0.39 is 6.10 Å². The third kappa shape index (κ3) is 4.96. The number of halogens is 1. The molecule has 0 fully saturated rings. The van der Waals surface area contributed by atoms with Crippen LogP contribution in [0, 0.1) is 0 Å². The lowest BCUT2D eigenvalue weighted by Gasteiger charge is -2.20. The van der Waals surface area contributed by atoms with E-state index in [1.54, 1.807) is 6.92 Å². The van der Waals surface area contributed by atoms with Gasteiger partial charge in [-0.05, 0) is 45.0 Å². The number of aliphatic hydroxyl groups excluding tert-OH is 1. The molecule has 0 aliphatic carbocycles. The van der Waals surface area contributed by atoms with Crippen LogP contribution >= 0.6 is 15.9 Å². The third-order valence-electron chi connectivity index (χ3n) is 2.76. The fraction of sp³-hybridized carbons (Fsp3) is 0.571. The van der Waals surface area contributed by atoms with Crippen LogP contribution in [0.4, 0.5) is 0 Å². The van der Waals surface area contributed by atoms with Gasteiger partial charge in [-0.3, -0.25) is 0 Å². The van der Waals surface area contributed by atoms with Gasteiger partial charge in [0.25, 0.3) is 0 Å². The number of hydrogen-bond donors (Lipinski definition) is 2. The Labute approximate surface area is 118 Å². The largest absolute Gasteiger partial charge is 0.488 e. The number of ether oxygens (including phenoxy) is 1. The summed E-state index contributed by atoms with van der Waals surface area (Å²) >= 11 is 3.47. The van der Waals surface area contributed by atoms with Crippen molar-refractivity contribution < 1.29 is 9.84 Å². The van der Waals surface area contributed by atoms with Crippen LogP contribution in [0.1, 0.15) is 32.8 Å². The Morgan fingerprint density at radius 2 is 2.11 bits per heavy atom. The average molecular weight is 316 g/mol. The molecule has 0 aliphatic rings. The number of benzene rings is 1.